The quantitative estimate of drug-likeness (QED) is 0.786. The fourth-order valence-corrected chi connectivity index (χ4v) is 1.94. The van der Waals surface area contributed by atoms with E-state index < -0.39 is 0 Å². The van der Waals surface area contributed by atoms with Crippen LogP contribution in [0, 0.1) is 0 Å². The molecule has 0 amide bonds. The molecule has 0 saturated heterocycles. The molecule has 0 aromatic heterocycles. The topological polar surface area (TPSA) is 39.7 Å². The predicted molar refractivity (Wildman–Crippen MR) is 77.0 cm³/mol. The number of ether oxygens (including phenoxy) is 3. The van der Waals surface area contributed by atoms with E-state index >= 15 is 0 Å². The Labute approximate surface area is 116 Å². The summed E-state index contributed by atoms with van der Waals surface area (Å²) >= 11 is 0. The molecule has 0 fully saturated rings. The van der Waals surface area contributed by atoms with Crippen LogP contribution in [0.15, 0.2) is 18.2 Å². The molecule has 0 aliphatic carbocycles. The van der Waals surface area contributed by atoms with Crippen molar-refractivity contribution in [3.05, 3.63) is 23.8 Å². The van der Waals surface area contributed by atoms with Crippen LogP contribution in [0.3, 0.4) is 0 Å². The molecular weight excluding hydrogens is 242 g/mol. The molecule has 1 aromatic rings. The van der Waals surface area contributed by atoms with Crippen molar-refractivity contribution in [1.82, 2.24) is 5.32 Å². The van der Waals surface area contributed by atoms with Crippen LogP contribution in [-0.4, -0.2) is 33.0 Å². The van der Waals surface area contributed by atoms with Crippen LogP contribution in [0.2, 0.25) is 0 Å². The van der Waals surface area contributed by atoms with E-state index in [2.05, 4.69) is 19.2 Å². The second kappa shape index (κ2) is 7.36. The first-order valence-corrected chi connectivity index (χ1v) is 6.58. The summed E-state index contributed by atoms with van der Waals surface area (Å²) in [4.78, 5) is 0. The van der Waals surface area contributed by atoms with Gasteiger partial charge in [0.1, 0.15) is 0 Å². The summed E-state index contributed by atoms with van der Waals surface area (Å²) < 4.78 is 16.1. The Morgan fingerprint density at radius 3 is 2.37 bits per heavy atom. The van der Waals surface area contributed by atoms with E-state index in [-0.39, 0.29) is 5.60 Å². The molecule has 0 bridgehead atoms. The monoisotopic (exact) mass is 267 g/mol. The molecule has 19 heavy (non-hydrogen) atoms. The Morgan fingerprint density at radius 2 is 1.79 bits per heavy atom. The number of nitrogens with one attached hydrogen (secondary N) is 1. The number of hydrogen-bond donors (Lipinski definition) is 1. The highest BCUT2D eigenvalue weighted by Gasteiger charge is 2.16. The zero-order chi connectivity index (χ0) is 14.3. The summed E-state index contributed by atoms with van der Waals surface area (Å²) in [6, 6.07) is 5.94. The average molecular weight is 267 g/mol. The fraction of sp³-hybridized carbons (Fsp3) is 0.600. The maximum absolute atomic E-state index is 5.64. The SMILES string of the molecule is CCOC(C)(C)CNCc1ccc(OC)c(OC)c1. The molecule has 0 spiro atoms. The largest absolute Gasteiger partial charge is 0.493 e. The van der Waals surface area contributed by atoms with Crippen LogP contribution in [0.5, 0.6) is 11.5 Å². The maximum Gasteiger partial charge on any atom is 0.161 e. The number of benzene rings is 1. The van der Waals surface area contributed by atoms with Gasteiger partial charge in [0.05, 0.1) is 19.8 Å². The van der Waals surface area contributed by atoms with Crippen molar-refractivity contribution in [3.63, 3.8) is 0 Å². The van der Waals surface area contributed by atoms with Crippen molar-refractivity contribution < 1.29 is 14.2 Å². The third-order valence-corrected chi connectivity index (χ3v) is 2.86. The Balaban J connectivity index is 2.54. The summed E-state index contributed by atoms with van der Waals surface area (Å²) in [5.41, 5.74) is 1.01. The standard InChI is InChI=1S/C15H25NO3/c1-6-19-15(2,3)11-16-10-12-7-8-13(17-4)14(9-12)18-5/h7-9,16H,6,10-11H2,1-5H3. The highest BCUT2D eigenvalue weighted by molar-refractivity contribution is 5.42. The molecule has 0 saturated carbocycles. The lowest BCUT2D eigenvalue weighted by molar-refractivity contribution is -0.00897. The van der Waals surface area contributed by atoms with E-state index in [0.717, 1.165) is 36.8 Å². The number of rotatable bonds is 8. The van der Waals surface area contributed by atoms with Crippen molar-refractivity contribution in [1.29, 1.82) is 0 Å². The lowest BCUT2D eigenvalue weighted by Gasteiger charge is -2.25. The Hall–Kier alpha value is -1.26. The molecule has 0 atom stereocenters. The molecule has 4 nitrogen and oxygen atoms in total. The third kappa shape index (κ3) is 5.09. The first-order chi connectivity index (χ1) is 9.02. The molecule has 1 N–H and O–H groups in total. The Bertz CT molecular complexity index is 391. The van der Waals surface area contributed by atoms with Crippen LogP contribution < -0.4 is 14.8 Å². The zero-order valence-corrected chi connectivity index (χ0v) is 12.6. The van der Waals surface area contributed by atoms with Crippen LogP contribution in [0.4, 0.5) is 0 Å². The van der Waals surface area contributed by atoms with E-state index in [1.54, 1.807) is 14.2 Å². The maximum atomic E-state index is 5.64. The van der Waals surface area contributed by atoms with Gasteiger partial charge in [0.2, 0.25) is 0 Å². The summed E-state index contributed by atoms with van der Waals surface area (Å²) in [6.07, 6.45) is 0. The van der Waals surface area contributed by atoms with Gasteiger partial charge in [-0.1, -0.05) is 6.07 Å². The Kier molecular flexibility index (Phi) is 6.12. The van der Waals surface area contributed by atoms with Gasteiger partial charge in [-0.3, -0.25) is 0 Å². The van der Waals surface area contributed by atoms with E-state index in [1.165, 1.54) is 0 Å². The van der Waals surface area contributed by atoms with Gasteiger partial charge in [-0.05, 0) is 38.5 Å². The number of hydrogen-bond acceptors (Lipinski definition) is 4. The normalized spacial score (nSPS) is 11.4. The minimum absolute atomic E-state index is 0.148. The zero-order valence-electron chi connectivity index (χ0n) is 12.6. The van der Waals surface area contributed by atoms with Gasteiger partial charge < -0.3 is 19.5 Å². The van der Waals surface area contributed by atoms with Gasteiger partial charge in [0.25, 0.3) is 0 Å². The molecule has 0 radical (unpaired) electrons. The molecule has 1 aromatic carbocycles. The van der Waals surface area contributed by atoms with E-state index in [1.807, 2.05) is 25.1 Å². The van der Waals surface area contributed by atoms with E-state index in [9.17, 15) is 0 Å². The van der Waals surface area contributed by atoms with Gasteiger partial charge in [-0.2, -0.15) is 0 Å². The van der Waals surface area contributed by atoms with Crippen molar-refractivity contribution in [3.8, 4) is 11.5 Å². The highest BCUT2D eigenvalue weighted by atomic mass is 16.5. The molecular formula is C15H25NO3. The molecule has 0 aliphatic heterocycles. The van der Waals surface area contributed by atoms with Gasteiger partial charge in [0, 0.05) is 19.7 Å². The third-order valence-electron chi connectivity index (χ3n) is 2.86. The highest BCUT2D eigenvalue weighted by Crippen LogP contribution is 2.27. The predicted octanol–water partition coefficient (Wildman–Crippen LogP) is 2.61. The van der Waals surface area contributed by atoms with Gasteiger partial charge in [-0.25, -0.2) is 0 Å². The first kappa shape index (κ1) is 15.8. The fourth-order valence-electron chi connectivity index (χ4n) is 1.94. The van der Waals surface area contributed by atoms with Crippen LogP contribution >= 0.6 is 0 Å². The van der Waals surface area contributed by atoms with Crippen molar-refractivity contribution in [2.45, 2.75) is 32.9 Å². The lowest BCUT2D eigenvalue weighted by atomic mass is 10.1. The van der Waals surface area contributed by atoms with Gasteiger partial charge in [-0.15, -0.1) is 0 Å². The molecule has 0 heterocycles. The number of methoxy groups -OCH3 is 2. The first-order valence-electron chi connectivity index (χ1n) is 6.58. The molecule has 108 valence electrons. The van der Waals surface area contributed by atoms with Crippen molar-refractivity contribution in [2.75, 3.05) is 27.4 Å². The van der Waals surface area contributed by atoms with E-state index in [0.29, 0.717) is 0 Å². The molecule has 0 unspecified atom stereocenters. The lowest BCUT2D eigenvalue weighted by Crippen LogP contribution is -2.37. The summed E-state index contributed by atoms with van der Waals surface area (Å²) in [5.74, 6) is 1.51. The van der Waals surface area contributed by atoms with Gasteiger partial charge >= 0.3 is 0 Å². The van der Waals surface area contributed by atoms with Crippen LogP contribution in [0.1, 0.15) is 26.3 Å². The Morgan fingerprint density at radius 1 is 1.11 bits per heavy atom. The smallest absolute Gasteiger partial charge is 0.161 e. The summed E-state index contributed by atoms with van der Waals surface area (Å²) in [7, 11) is 3.29. The van der Waals surface area contributed by atoms with Crippen LogP contribution in [0.25, 0.3) is 0 Å². The minimum Gasteiger partial charge on any atom is -0.493 e. The van der Waals surface area contributed by atoms with Gasteiger partial charge in [0.15, 0.2) is 11.5 Å². The van der Waals surface area contributed by atoms with Crippen molar-refractivity contribution in [2.24, 2.45) is 0 Å². The second-order valence-corrected chi connectivity index (χ2v) is 4.99. The summed E-state index contributed by atoms with van der Waals surface area (Å²) in [6.45, 7) is 8.48. The minimum atomic E-state index is -0.148. The van der Waals surface area contributed by atoms with E-state index in [4.69, 9.17) is 14.2 Å². The summed E-state index contributed by atoms with van der Waals surface area (Å²) in [5, 5.41) is 3.39. The molecule has 4 heteroatoms. The average Bonchev–Trinajstić information content (AvgIpc) is 2.38. The molecule has 0 aliphatic rings. The van der Waals surface area contributed by atoms with Crippen LogP contribution in [-0.2, 0) is 11.3 Å². The second-order valence-electron chi connectivity index (χ2n) is 4.99. The van der Waals surface area contributed by atoms with Crippen molar-refractivity contribution >= 4 is 0 Å². The molecule has 1 rings (SSSR count).